The zero-order valence-electron chi connectivity index (χ0n) is 12.1. The van der Waals surface area contributed by atoms with Gasteiger partial charge >= 0.3 is 29.6 Å². The fourth-order valence-electron chi connectivity index (χ4n) is 1.90. The molecule has 0 heterocycles. The van der Waals surface area contributed by atoms with Gasteiger partial charge in [0, 0.05) is 6.04 Å². The normalized spacial score (nSPS) is 13.1. The van der Waals surface area contributed by atoms with Gasteiger partial charge in [0.2, 0.25) is 0 Å². The Morgan fingerprint density at radius 3 is 1.94 bits per heavy atom. The quantitative estimate of drug-likeness (QED) is 0.329. The second kappa shape index (κ2) is 12.9. The van der Waals surface area contributed by atoms with E-state index in [-0.39, 0.29) is 35.6 Å². The first-order valence-corrected chi connectivity index (χ1v) is 8.13. The van der Waals surface area contributed by atoms with Crippen molar-refractivity contribution < 1.29 is 42.5 Å². The van der Waals surface area contributed by atoms with Crippen LogP contribution in [-0.2, 0) is 10.3 Å². The third-order valence-electron chi connectivity index (χ3n) is 2.96. The van der Waals surface area contributed by atoms with Gasteiger partial charge in [-0.15, -0.1) is 0 Å². The molecule has 0 bridgehead atoms. The van der Waals surface area contributed by atoms with E-state index in [0.717, 1.165) is 19.3 Å². The van der Waals surface area contributed by atoms with Crippen molar-refractivity contribution in [3.63, 3.8) is 0 Å². The van der Waals surface area contributed by atoms with Crippen LogP contribution in [0.5, 0.6) is 0 Å². The van der Waals surface area contributed by atoms with Crippen LogP contribution in [0.3, 0.4) is 0 Å². The molecule has 0 aliphatic heterocycles. The van der Waals surface area contributed by atoms with Gasteiger partial charge in [-0.25, -0.2) is 13.1 Å². The Morgan fingerprint density at radius 2 is 1.50 bits per heavy atom. The summed E-state index contributed by atoms with van der Waals surface area (Å²) in [5, 5.41) is 0. The van der Waals surface area contributed by atoms with Gasteiger partial charge in [-0.3, -0.25) is 0 Å². The molecular formula is C12H26NNaO3S. The molecule has 6 heteroatoms. The molecule has 1 atom stereocenters. The summed E-state index contributed by atoms with van der Waals surface area (Å²) in [6, 6.07) is -0.187. The minimum absolute atomic E-state index is 0. The smallest absolute Gasteiger partial charge is 0.735 e. The van der Waals surface area contributed by atoms with E-state index >= 15 is 0 Å². The van der Waals surface area contributed by atoms with E-state index in [1.165, 1.54) is 32.1 Å². The predicted molar refractivity (Wildman–Crippen MR) is 69.5 cm³/mol. The molecule has 0 aliphatic carbocycles. The van der Waals surface area contributed by atoms with Crippen LogP contribution in [0.15, 0.2) is 0 Å². The van der Waals surface area contributed by atoms with Crippen molar-refractivity contribution in [2.45, 2.75) is 77.7 Å². The number of hydrogen-bond acceptors (Lipinski definition) is 3. The molecule has 0 aromatic carbocycles. The summed E-state index contributed by atoms with van der Waals surface area (Å²) in [5.74, 6) is 0. The van der Waals surface area contributed by atoms with Gasteiger partial charge in [0.1, 0.15) is 0 Å². The average molecular weight is 287 g/mol. The van der Waals surface area contributed by atoms with E-state index in [9.17, 15) is 13.0 Å². The minimum atomic E-state index is -4.29. The van der Waals surface area contributed by atoms with Crippen LogP contribution in [0, 0.1) is 0 Å². The Bertz CT molecular complexity index is 270. The fourth-order valence-corrected chi connectivity index (χ4v) is 2.59. The molecule has 104 valence electrons. The second-order valence-corrected chi connectivity index (χ2v) is 5.73. The molecule has 0 aliphatic rings. The summed E-state index contributed by atoms with van der Waals surface area (Å²) in [4.78, 5) is 0. The molecular weight excluding hydrogens is 261 g/mol. The Kier molecular flexibility index (Phi) is 15.2. The maximum absolute atomic E-state index is 10.5. The van der Waals surface area contributed by atoms with Crippen LogP contribution in [0.1, 0.15) is 71.6 Å². The van der Waals surface area contributed by atoms with E-state index in [4.69, 9.17) is 0 Å². The van der Waals surface area contributed by atoms with E-state index < -0.39 is 10.3 Å². The molecule has 1 N–H and O–H groups in total. The van der Waals surface area contributed by atoms with Gasteiger partial charge in [0.25, 0.3) is 0 Å². The topological polar surface area (TPSA) is 69.2 Å². The molecule has 0 fully saturated rings. The largest absolute Gasteiger partial charge is 1.00 e. The summed E-state index contributed by atoms with van der Waals surface area (Å²) in [5.41, 5.74) is 0. The second-order valence-electron chi connectivity index (χ2n) is 4.59. The standard InChI is InChI=1S/C12H27NO3S.Na/c1-3-5-6-7-8-9-10-11-12(4-2)13-17(14,15)16;/h12-13H,3-11H2,1-2H3,(H,14,15,16);/q;+1/p-1. The first-order valence-electron chi connectivity index (χ1n) is 6.72. The van der Waals surface area contributed by atoms with Crippen LogP contribution < -0.4 is 34.3 Å². The molecule has 1 unspecified atom stereocenters. The third-order valence-corrected chi connectivity index (χ3v) is 3.58. The van der Waals surface area contributed by atoms with E-state index in [2.05, 4.69) is 11.6 Å². The molecule has 18 heavy (non-hydrogen) atoms. The van der Waals surface area contributed by atoms with Crippen molar-refractivity contribution in [1.29, 1.82) is 0 Å². The number of nitrogens with one attached hydrogen (secondary N) is 1. The summed E-state index contributed by atoms with van der Waals surface area (Å²) in [7, 11) is -4.29. The maximum atomic E-state index is 10.5. The molecule has 0 rings (SSSR count). The first kappa shape index (κ1) is 21.2. The monoisotopic (exact) mass is 287 g/mol. The molecule has 0 aromatic rings. The van der Waals surface area contributed by atoms with Gasteiger partial charge in [0.05, 0.1) is 0 Å². The van der Waals surface area contributed by atoms with Crippen molar-refractivity contribution in [2.75, 3.05) is 0 Å². The van der Waals surface area contributed by atoms with Gasteiger partial charge in [0.15, 0.2) is 10.3 Å². The molecule has 0 radical (unpaired) electrons. The van der Waals surface area contributed by atoms with Crippen LogP contribution in [0.2, 0.25) is 0 Å². The number of hydrogen-bond donors (Lipinski definition) is 1. The van der Waals surface area contributed by atoms with Gasteiger partial charge in [-0.05, 0) is 12.8 Å². The molecule has 0 aromatic heterocycles. The Hall–Kier alpha value is 0.870. The molecule has 0 saturated heterocycles. The van der Waals surface area contributed by atoms with Crippen molar-refractivity contribution in [3.05, 3.63) is 0 Å². The Morgan fingerprint density at radius 1 is 1.00 bits per heavy atom. The molecule has 4 nitrogen and oxygen atoms in total. The molecule has 0 amide bonds. The van der Waals surface area contributed by atoms with Crippen LogP contribution in [0.4, 0.5) is 0 Å². The van der Waals surface area contributed by atoms with E-state index in [1.54, 1.807) is 0 Å². The van der Waals surface area contributed by atoms with Crippen molar-refractivity contribution in [2.24, 2.45) is 0 Å². The SMILES string of the molecule is CCCCCCCCCC(CC)NS(=O)(=O)[O-].[Na+]. The third kappa shape index (κ3) is 14.9. The Balaban J connectivity index is 0. The Labute approximate surface area is 134 Å². The van der Waals surface area contributed by atoms with E-state index in [0.29, 0.717) is 6.42 Å². The van der Waals surface area contributed by atoms with Crippen molar-refractivity contribution in [3.8, 4) is 0 Å². The van der Waals surface area contributed by atoms with Crippen molar-refractivity contribution >= 4 is 10.3 Å². The zero-order chi connectivity index (χ0) is 13.1. The first-order chi connectivity index (χ1) is 7.99. The zero-order valence-corrected chi connectivity index (χ0v) is 14.9. The summed E-state index contributed by atoms with van der Waals surface area (Å²) < 4.78 is 33.8. The van der Waals surface area contributed by atoms with Crippen LogP contribution >= 0.6 is 0 Å². The minimum Gasteiger partial charge on any atom is -0.735 e. The fraction of sp³-hybridized carbons (Fsp3) is 1.00. The summed E-state index contributed by atoms with van der Waals surface area (Å²) >= 11 is 0. The predicted octanol–water partition coefficient (Wildman–Crippen LogP) is -0.0405. The summed E-state index contributed by atoms with van der Waals surface area (Å²) in [6.07, 6.45) is 9.88. The summed E-state index contributed by atoms with van der Waals surface area (Å²) in [6.45, 7) is 4.09. The van der Waals surface area contributed by atoms with Crippen molar-refractivity contribution in [1.82, 2.24) is 4.72 Å². The molecule has 0 spiro atoms. The van der Waals surface area contributed by atoms with Gasteiger partial charge in [-0.1, -0.05) is 58.8 Å². The average Bonchev–Trinajstić information content (AvgIpc) is 2.24. The van der Waals surface area contributed by atoms with Crippen LogP contribution in [0.25, 0.3) is 0 Å². The maximum Gasteiger partial charge on any atom is 1.00 e. The van der Waals surface area contributed by atoms with Gasteiger partial charge in [-0.2, -0.15) is 0 Å². The van der Waals surface area contributed by atoms with Gasteiger partial charge < -0.3 is 4.55 Å². The van der Waals surface area contributed by atoms with E-state index in [1.807, 2.05) is 6.92 Å². The molecule has 0 saturated carbocycles. The van der Waals surface area contributed by atoms with Crippen LogP contribution in [-0.4, -0.2) is 19.0 Å². The number of rotatable bonds is 11. The number of unbranched alkanes of at least 4 members (excludes halogenated alkanes) is 6.